The lowest BCUT2D eigenvalue weighted by molar-refractivity contribution is 0.0717. The van der Waals surface area contributed by atoms with Gasteiger partial charge in [0.1, 0.15) is 5.76 Å². The normalized spacial score (nSPS) is 14.5. The van der Waals surface area contributed by atoms with E-state index in [-0.39, 0.29) is 27.4 Å². The van der Waals surface area contributed by atoms with Crippen molar-refractivity contribution in [2.45, 2.75) is 44.2 Å². The minimum Gasteiger partial charge on any atom is -0.467 e. The number of amides is 1. The summed E-state index contributed by atoms with van der Waals surface area (Å²) in [6, 6.07) is 8.02. The van der Waals surface area contributed by atoms with Crippen molar-refractivity contribution in [1.29, 1.82) is 0 Å². The Morgan fingerprint density at radius 3 is 2.48 bits per heavy atom. The summed E-state index contributed by atoms with van der Waals surface area (Å²) in [7, 11) is -3.67. The van der Waals surface area contributed by atoms with E-state index in [1.807, 2.05) is 6.07 Å². The van der Waals surface area contributed by atoms with Gasteiger partial charge in [-0.05, 0) is 43.2 Å². The molecule has 0 radical (unpaired) electrons. The van der Waals surface area contributed by atoms with Crippen LogP contribution in [0, 0.1) is 0 Å². The quantitative estimate of drug-likeness (QED) is 0.664. The number of halogens is 1. The summed E-state index contributed by atoms with van der Waals surface area (Å²) < 4.78 is 32.3. The number of rotatable bonds is 8. The van der Waals surface area contributed by atoms with Crippen LogP contribution in [-0.4, -0.2) is 42.7 Å². The first kappa shape index (κ1) is 19.9. The van der Waals surface area contributed by atoms with Crippen LogP contribution in [0.15, 0.2) is 45.9 Å². The minimum atomic E-state index is -3.67. The van der Waals surface area contributed by atoms with Crippen LogP contribution in [0.5, 0.6) is 0 Å². The maximum atomic E-state index is 13.2. The van der Waals surface area contributed by atoms with Crippen LogP contribution in [0.25, 0.3) is 0 Å². The third-order valence-electron chi connectivity index (χ3n) is 4.67. The Kier molecular flexibility index (Phi) is 5.93. The second-order valence-electron chi connectivity index (χ2n) is 6.47. The third kappa shape index (κ3) is 4.20. The topological polar surface area (TPSA) is 70.8 Å². The number of benzene rings is 1. The second kappa shape index (κ2) is 8.04. The molecule has 1 heterocycles. The Balaban J connectivity index is 1.94. The van der Waals surface area contributed by atoms with Crippen LogP contribution in [0.4, 0.5) is 0 Å². The lowest BCUT2D eigenvalue weighted by Crippen LogP contribution is -2.33. The van der Waals surface area contributed by atoms with Crippen molar-refractivity contribution in [1.82, 2.24) is 9.21 Å². The van der Waals surface area contributed by atoms with E-state index in [0.29, 0.717) is 25.4 Å². The first-order chi connectivity index (χ1) is 12.9. The Bertz CT molecular complexity index is 904. The Hall–Kier alpha value is -1.83. The number of nitrogens with zero attached hydrogens (tertiary/aromatic N) is 2. The molecule has 1 amide bonds. The zero-order valence-corrected chi connectivity index (χ0v) is 17.0. The maximum Gasteiger partial charge on any atom is 0.256 e. The molecule has 0 bridgehead atoms. The number of carbonyl (C=O) groups excluding carboxylic acids is 1. The van der Waals surface area contributed by atoms with E-state index in [0.717, 1.165) is 12.8 Å². The Morgan fingerprint density at radius 1 is 1.22 bits per heavy atom. The largest absolute Gasteiger partial charge is 0.467 e. The van der Waals surface area contributed by atoms with Crippen molar-refractivity contribution in [2.24, 2.45) is 0 Å². The molecule has 146 valence electrons. The van der Waals surface area contributed by atoms with Gasteiger partial charge in [-0.15, -0.1) is 0 Å². The van der Waals surface area contributed by atoms with Crippen molar-refractivity contribution in [3.05, 3.63) is 52.9 Å². The summed E-state index contributed by atoms with van der Waals surface area (Å²) in [4.78, 5) is 14.9. The van der Waals surface area contributed by atoms with E-state index in [1.54, 1.807) is 31.1 Å². The van der Waals surface area contributed by atoms with Gasteiger partial charge < -0.3 is 9.32 Å². The van der Waals surface area contributed by atoms with Gasteiger partial charge in [0, 0.05) is 19.1 Å². The maximum absolute atomic E-state index is 13.2. The molecule has 1 fully saturated rings. The minimum absolute atomic E-state index is 0.0766. The number of furan rings is 1. The molecule has 0 N–H and O–H groups in total. The molecule has 1 aliphatic carbocycles. The first-order valence-electron chi connectivity index (χ1n) is 9.01. The Labute approximate surface area is 164 Å². The molecular formula is C19H23ClN2O4S. The van der Waals surface area contributed by atoms with E-state index in [1.165, 1.54) is 22.5 Å². The summed E-state index contributed by atoms with van der Waals surface area (Å²) in [5.74, 6) is 0.397. The molecule has 0 unspecified atom stereocenters. The number of sulfonamides is 1. The van der Waals surface area contributed by atoms with Crippen LogP contribution < -0.4 is 0 Å². The van der Waals surface area contributed by atoms with Gasteiger partial charge in [0.15, 0.2) is 0 Å². The van der Waals surface area contributed by atoms with Gasteiger partial charge in [0.25, 0.3) is 5.91 Å². The average Bonchev–Trinajstić information content (AvgIpc) is 3.36. The van der Waals surface area contributed by atoms with Gasteiger partial charge in [-0.3, -0.25) is 4.79 Å². The first-order valence-corrected chi connectivity index (χ1v) is 10.8. The van der Waals surface area contributed by atoms with Gasteiger partial charge in [0.05, 0.1) is 28.3 Å². The molecule has 1 aromatic carbocycles. The fourth-order valence-corrected chi connectivity index (χ4v) is 4.70. The van der Waals surface area contributed by atoms with Gasteiger partial charge in [-0.25, -0.2) is 8.42 Å². The molecular weight excluding hydrogens is 388 g/mol. The lowest BCUT2D eigenvalue weighted by atomic mass is 10.2. The van der Waals surface area contributed by atoms with E-state index >= 15 is 0 Å². The summed E-state index contributed by atoms with van der Waals surface area (Å²) in [5.41, 5.74) is 0.198. The predicted molar refractivity (Wildman–Crippen MR) is 103 cm³/mol. The molecule has 0 atom stereocenters. The van der Waals surface area contributed by atoms with Crippen LogP contribution in [0.2, 0.25) is 5.02 Å². The van der Waals surface area contributed by atoms with Crippen LogP contribution in [0.1, 0.15) is 42.8 Å². The van der Waals surface area contributed by atoms with Crippen molar-refractivity contribution >= 4 is 27.5 Å². The number of hydrogen-bond acceptors (Lipinski definition) is 4. The van der Waals surface area contributed by atoms with Gasteiger partial charge in [0.2, 0.25) is 10.0 Å². The zero-order chi connectivity index (χ0) is 19.6. The molecule has 1 aromatic heterocycles. The molecule has 6 nitrogen and oxygen atoms in total. The van der Waals surface area contributed by atoms with Crippen LogP contribution in [-0.2, 0) is 16.6 Å². The predicted octanol–water partition coefficient (Wildman–Crippen LogP) is 3.77. The third-order valence-corrected chi connectivity index (χ3v) is 7.04. The summed E-state index contributed by atoms with van der Waals surface area (Å²) in [5, 5.41) is 0.239. The average molecular weight is 411 g/mol. The van der Waals surface area contributed by atoms with Crippen molar-refractivity contribution in [3.8, 4) is 0 Å². The SMILES string of the molecule is CCN(CC)S(=O)(=O)c1ccc(Cl)c(C(=O)N(Cc2ccco2)C2CC2)c1. The van der Waals surface area contributed by atoms with E-state index in [9.17, 15) is 13.2 Å². The highest BCUT2D eigenvalue weighted by molar-refractivity contribution is 7.89. The molecule has 0 aliphatic heterocycles. The van der Waals surface area contributed by atoms with Gasteiger partial charge in [-0.1, -0.05) is 25.4 Å². The van der Waals surface area contributed by atoms with Gasteiger partial charge >= 0.3 is 0 Å². The molecule has 27 heavy (non-hydrogen) atoms. The highest BCUT2D eigenvalue weighted by Gasteiger charge is 2.35. The fourth-order valence-electron chi connectivity index (χ4n) is 3.02. The molecule has 3 rings (SSSR count). The number of carbonyl (C=O) groups is 1. The molecule has 2 aromatic rings. The molecule has 8 heteroatoms. The Morgan fingerprint density at radius 2 is 1.93 bits per heavy atom. The van der Waals surface area contributed by atoms with Crippen LogP contribution in [0.3, 0.4) is 0 Å². The molecule has 0 spiro atoms. The molecule has 0 saturated heterocycles. The summed E-state index contributed by atoms with van der Waals surface area (Å²) in [6.45, 7) is 4.61. The molecule has 1 saturated carbocycles. The van der Waals surface area contributed by atoms with Crippen molar-refractivity contribution in [3.63, 3.8) is 0 Å². The lowest BCUT2D eigenvalue weighted by Gasteiger charge is -2.23. The van der Waals surface area contributed by atoms with Crippen LogP contribution >= 0.6 is 11.6 Å². The highest BCUT2D eigenvalue weighted by atomic mass is 35.5. The zero-order valence-electron chi connectivity index (χ0n) is 15.4. The van der Waals surface area contributed by atoms with E-state index < -0.39 is 10.0 Å². The molecule has 1 aliphatic rings. The standard InChI is InChI=1S/C19H23ClN2O4S/c1-3-21(4-2)27(24,25)16-9-10-18(20)17(12-16)19(23)22(14-7-8-14)13-15-6-5-11-26-15/h5-6,9-12,14H,3-4,7-8,13H2,1-2H3. The summed E-state index contributed by atoms with van der Waals surface area (Å²) in [6.07, 6.45) is 3.40. The number of hydrogen-bond donors (Lipinski definition) is 0. The monoisotopic (exact) mass is 410 g/mol. The highest BCUT2D eigenvalue weighted by Crippen LogP contribution is 2.32. The van der Waals surface area contributed by atoms with Crippen molar-refractivity contribution < 1.29 is 17.6 Å². The van der Waals surface area contributed by atoms with Crippen molar-refractivity contribution in [2.75, 3.05) is 13.1 Å². The summed E-state index contributed by atoms with van der Waals surface area (Å²) >= 11 is 6.26. The second-order valence-corrected chi connectivity index (χ2v) is 8.82. The smallest absolute Gasteiger partial charge is 0.256 e. The van der Waals surface area contributed by atoms with E-state index in [4.69, 9.17) is 16.0 Å². The van der Waals surface area contributed by atoms with Gasteiger partial charge in [-0.2, -0.15) is 4.31 Å². The fraction of sp³-hybridized carbons (Fsp3) is 0.421. The van der Waals surface area contributed by atoms with E-state index in [2.05, 4.69) is 0 Å².